The first kappa shape index (κ1) is 14.1. The molecule has 0 amide bonds. The van der Waals surface area contributed by atoms with Gasteiger partial charge in [0.1, 0.15) is 5.75 Å². The summed E-state index contributed by atoms with van der Waals surface area (Å²) < 4.78 is 5.58. The van der Waals surface area contributed by atoms with E-state index in [1.54, 1.807) is 0 Å². The molecule has 0 fully saturated rings. The van der Waals surface area contributed by atoms with E-state index in [-0.39, 0.29) is 0 Å². The summed E-state index contributed by atoms with van der Waals surface area (Å²) in [7, 11) is 0. The van der Waals surface area contributed by atoms with Crippen molar-refractivity contribution in [3.63, 3.8) is 0 Å². The van der Waals surface area contributed by atoms with Gasteiger partial charge in [0.2, 0.25) is 0 Å². The van der Waals surface area contributed by atoms with Gasteiger partial charge in [-0.2, -0.15) is 0 Å². The second kappa shape index (κ2) is 6.75. The topological polar surface area (TPSA) is 46.5 Å². The molecule has 0 saturated heterocycles. The molecule has 0 radical (unpaired) electrons. The number of ether oxygens (including phenoxy) is 1. The number of carbonyl (C=O) groups is 1. The molecule has 1 N–H and O–H groups in total. The third-order valence-corrected chi connectivity index (χ3v) is 3.16. The number of aliphatic carboxylic acids is 1. The summed E-state index contributed by atoms with van der Waals surface area (Å²) in [5.74, 6) is -0.577. The minimum Gasteiger partial charge on any atom is -0.494 e. The number of carboxylic acid groups (broad SMARTS) is 1. The highest BCUT2D eigenvalue weighted by atomic mass is 16.5. The zero-order valence-corrected chi connectivity index (χ0v) is 11.5. The van der Waals surface area contributed by atoms with Crippen molar-refractivity contribution in [2.45, 2.75) is 19.3 Å². The van der Waals surface area contributed by atoms with Crippen molar-refractivity contribution in [3.8, 4) is 5.75 Å². The van der Waals surface area contributed by atoms with Gasteiger partial charge in [-0.3, -0.25) is 4.79 Å². The molecule has 0 saturated carbocycles. The lowest BCUT2D eigenvalue weighted by atomic mass is 9.95. The normalized spacial score (nSPS) is 11.8. The van der Waals surface area contributed by atoms with E-state index >= 15 is 0 Å². The summed E-state index contributed by atoms with van der Waals surface area (Å²) >= 11 is 0. The molecular formula is C17H18O3. The maximum atomic E-state index is 11.4. The summed E-state index contributed by atoms with van der Waals surface area (Å²) in [6, 6.07) is 17.1. The van der Waals surface area contributed by atoms with Gasteiger partial charge < -0.3 is 9.84 Å². The quantitative estimate of drug-likeness (QED) is 0.871. The maximum Gasteiger partial charge on any atom is 0.311 e. The molecule has 0 aliphatic carbocycles. The summed E-state index contributed by atoms with van der Waals surface area (Å²) in [4.78, 5) is 11.4. The Morgan fingerprint density at radius 3 is 2.55 bits per heavy atom. The van der Waals surface area contributed by atoms with Crippen molar-refractivity contribution in [1.82, 2.24) is 0 Å². The molecule has 1 unspecified atom stereocenters. The smallest absolute Gasteiger partial charge is 0.311 e. The molecule has 1 atom stereocenters. The van der Waals surface area contributed by atoms with E-state index in [1.165, 1.54) is 0 Å². The maximum absolute atomic E-state index is 11.4. The Hall–Kier alpha value is -2.29. The van der Waals surface area contributed by atoms with Crippen LogP contribution < -0.4 is 4.74 Å². The van der Waals surface area contributed by atoms with Gasteiger partial charge >= 0.3 is 5.97 Å². The van der Waals surface area contributed by atoms with Crippen LogP contribution in [0.4, 0.5) is 0 Å². The molecule has 0 bridgehead atoms. The number of rotatable bonds is 6. The Balaban J connectivity index is 1.98. The van der Waals surface area contributed by atoms with Gasteiger partial charge in [0.15, 0.2) is 0 Å². The Labute approximate surface area is 118 Å². The van der Waals surface area contributed by atoms with Crippen molar-refractivity contribution in [1.29, 1.82) is 0 Å². The lowest BCUT2D eigenvalue weighted by Gasteiger charge is -2.14. The van der Waals surface area contributed by atoms with Crippen LogP contribution in [0.15, 0.2) is 54.6 Å². The minimum absolute atomic E-state index is 0.384. The van der Waals surface area contributed by atoms with Crippen LogP contribution in [0.2, 0.25) is 0 Å². The molecule has 3 nitrogen and oxygen atoms in total. The van der Waals surface area contributed by atoms with Crippen LogP contribution in [0.1, 0.15) is 23.5 Å². The van der Waals surface area contributed by atoms with Crippen molar-refractivity contribution >= 4 is 5.97 Å². The zero-order chi connectivity index (χ0) is 14.4. The van der Waals surface area contributed by atoms with E-state index in [4.69, 9.17) is 4.74 Å². The first-order valence-corrected chi connectivity index (χ1v) is 6.64. The van der Waals surface area contributed by atoms with Gasteiger partial charge in [-0.1, -0.05) is 48.0 Å². The summed E-state index contributed by atoms with van der Waals surface area (Å²) in [5.41, 5.74) is 1.90. The highest BCUT2D eigenvalue weighted by Crippen LogP contribution is 2.21. The largest absolute Gasteiger partial charge is 0.494 e. The molecule has 20 heavy (non-hydrogen) atoms. The van der Waals surface area contributed by atoms with E-state index in [2.05, 4.69) is 0 Å². The minimum atomic E-state index is -0.813. The second-order valence-corrected chi connectivity index (χ2v) is 4.76. The fraction of sp³-hybridized carbons (Fsp3) is 0.235. The van der Waals surface area contributed by atoms with Crippen molar-refractivity contribution in [2.75, 3.05) is 6.61 Å². The van der Waals surface area contributed by atoms with Crippen molar-refractivity contribution in [3.05, 3.63) is 65.7 Å². The third-order valence-electron chi connectivity index (χ3n) is 3.16. The molecule has 104 valence electrons. The van der Waals surface area contributed by atoms with Gasteiger partial charge in [0.05, 0.1) is 12.5 Å². The number of para-hydroxylation sites is 1. The van der Waals surface area contributed by atoms with Gasteiger partial charge in [-0.25, -0.2) is 0 Å². The molecule has 0 aliphatic rings. The first-order chi connectivity index (χ1) is 9.66. The van der Waals surface area contributed by atoms with Crippen LogP contribution in [-0.4, -0.2) is 17.7 Å². The van der Waals surface area contributed by atoms with Gasteiger partial charge in [0, 0.05) is 0 Å². The SMILES string of the molecule is Cc1cccc(C(CCOc2ccccc2)C(=O)O)c1. The van der Waals surface area contributed by atoms with Gasteiger partial charge in [0.25, 0.3) is 0 Å². The molecule has 2 aromatic carbocycles. The molecule has 3 heteroatoms. The highest BCUT2D eigenvalue weighted by Gasteiger charge is 2.19. The van der Waals surface area contributed by atoms with E-state index in [9.17, 15) is 9.90 Å². The van der Waals surface area contributed by atoms with Crippen LogP contribution >= 0.6 is 0 Å². The Morgan fingerprint density at radius 1 is 1.15 bits per heavy atom. The molecule has 0 spiro atoms. The standard InChI is InChI=1S/C17H18O3/c1-13-6-5-7-14(12-13)16(17(18)19)10-11-20-15-8-3-2-4-9-15/h2-9,12,16H,10-11H2,1H3,(H,18,19). The number of carboxylic acids is 1. The molecule has 0 aromatic heterocycles. The molecule has 2 rings (SSSR count). The van der Waals surface area contributed by atoms with E-state index in [1.807, 2.05) is 61.5 Å². The number of benzene rings is 2. The highest BCUT2D eigenvalue weighted by molar-refractivity contribution is 5.76. The molecule has 0 aliphatic heterocycles. The Morgan fingerprint density at radius 2 is 1.90 bits per heavy atom. The van der Waals surface area contributed by atoms with Gasteiger partial charge in [-0.15, -0.1) is 0 Å². The lowest BCUT2D eigenvalue weighted by molar-refractivity contribution is -0.139. The monoisotopic (exact) mass is 270 g/mol. The van der Waals surface area contributed by atoms with E-state index in [0.29, 0.717) is 13.0 Å². The zero-order valence-electron chi connectivity index (χ0n) is 11.5. The molecular weight excluding hydrogens is 252 g/mol. The average molecular weight is 270 g/mol. The fourth-order valence-electron chi connectivity index (χ4n) is 2.13. The summed E-state index contributed by atoms with van der Waals surface area (Å²) in [6.45, 7) is 2.35. The summed E-state index contributed by atoms with van der Waals surface area (Å²) in [5, 5.41) is 9.36. The van der Waals surface area contributed by atoms with Crippen LogP contribution in [0, 0.1) is 6.92 Å². The summed E-state index contributed by atoms with van der Waals surface area (Å²) in [6.07, 6.45) is 0.452. The second-order valence-electron chi connectivity index (χ2n) is 4.76. The van der Waals surface area contributed by atoms with Crippen molar-refractivity contribution in [2.24, 2.45) is 0 Å². The number of aryl methyl sites for hydroxylation is 1. The third kappa shape index (κ3) is 3.85. The van der Waals surface area contributed by atoms with Crippen LogP contribution in [0.5, 0.6) is 5.75 Å². The average Bonchev–Trinajstić information content (AvgIpc) is 2.44. The van der Waals surface area contributed by atoms with Crippen LogP contribution in [0.25, 0.3) is 0 Å². The molecule has 0 heterocycles. The Bertz CT molecular complexity index is 563. The van der Waals surface area contributed by atoms with E-state index in [0.717, 1.165) is 16.9 Å². The van der Waals surface area contributed by atoms with Gasteiger partial charge in [-0.05, 0) is 31.0 Å². The lowest BCUT2D eigenvalue weighted by Crippen LogP contribution is -2.15. The molecule has 2 aromatic rings. The predicted molar refractivity (Wildman–Crippen MR) is 78.1 cm³/mol. The predicted octanol–water partition coefficient (Wildman–Crippen LogP) is 3.63. The van der Waals surface area contributed by atoms with E-state index < -0.39 is 11.9 Å². The Kier molecular flexibility index (Phi) is 4.77. The van der Waals surface area contributed by atoms with Crippen LogP contribution in [0.3, 0.4) is 0 Å². The van der Waals surface area contributed by atoms with Crippen LogP contribution in [-0.2, 0) is 4.79 Å². The number of hydrogen-bond acceptors (Lipinski definition) is 2. The first-order valence-electron chi connectivity index (χ1n) is 6.64. The van der Waals surface area contributed by atoms with Crippen molar-refractivity contribution < 1.29 is 14.6 Å². The fourth-order valence-corrected chi connectivity index (χ4v) is 2.13. The number of hydrogen-bond donors (Lipinski definition) is 1.